The summed E-state index contributed by atoms with van der Waals surface area (Å²) in [5.74, 6) is 0.325. The Bertz CT molecular complexity index is 413. The molecular formula is C14H19BrFNO. The Labute approximate surface area is 116 Å². The second kappa shape index (κ2) is 6.13. The van der Waals surface area contributed by atoms with Crippen LogP contribution in [0.3, 0.4) is 0 Å². The van der Waals surface area contributed by atoms with Gasteiger partial charge in [-0.2, -0.15) is 0 Å². The first-order valence-corrected chi connectivity index (χ1v) is 7.12. The second-order valence-electron chi connectivity index (χ2n) is 4.97. The van der Waals surface area contributed by atoms with Crippen LogP contribution in [0.4, 0.5) is 4.39 Å². The van der Waals surface area contributed by atoms with Gasteiger partial charge < -0.3 is 10.1 Å². The average Bonchev–Trinajstić information content (AvgIpc) is 2.75. The average molecular weight is 316 g/mol. The lowest BCUT2D eigenvalue weighted by molar-refractivity contribution is 0.117. The van der Waals surface area contributed by atoms with E-state index < -0.39 is 0 Å². The summed E-state index contributed by atoms with van der Waals surface area (Å²) in [6.45, 7) is 2.92. The van der Waals surface area contributed by atoms with Crippen LogP contribution in [-0.4, -0.2) is 25.8 Å². The van der Waals surface area contributed by atoms with Crippen LogP contribution in [0, 0.1) is 11.7 Å². The van der Waals surface area contributed by atoms with Crippen molar-refractivity contribution in [1.29, 1.82) is 0 Å². The summed E-state index contributed by atoms with van der Waals surface area (Å²) in [5, 5.41) is 3.36. The molecule has 1 aliphatic heterocycles. The Balaban J connectivity index is 2.05. The van der Waals surface area contributed by atoms with Crippen molar-refractivity contribution in [3.63, 3.8) is 0 Å². The summed E-state index contributed by atoms with van der Waals surface area (Å²) in [5.41, 5.74) is 1.13. The number of ether oxygens (including phenoxy) is 1. The van der Waals surface area contributed by atoms with Crippen molar-refractivity contribution < 1.29 is 9.13 Å². The molecule has 3 atom stereocenters. The molecule has 0 radical (unpaired) electrons. The van der Waals surface area contributed by atoms with E-state index in [1.807, 2.05) is 13.1 Å². The molecule has 0 spiro atoms. The molecular weight excluding hydrogens is 297 g/mol. The first kappa shape index (κ1) is 14.0. The summed E-state index contributed by atoms with van der Waals surface area (Å²) in [6, 6.07) is 5.26. The third kappa shape index (κ3) is 3.31. The van der Waals surface area contributed by atoms with Crippen molar-refractivity contribution in [2.75, 3.05) is 13.7 Å². The van der Waals surface area contributed by atoms with Crippen LogP contribution >= 0.6 is 15.9 Å². The number of likely N-dealkylation sites (N-methyl/N-ethyl adjacent to an activating group) is 1. The van der Waals surface area contributed by atoms with Crippen molar-refractivity contribution in [2.45, 2.75) is 31.9 Å². The molecule has 0 aliphatic carbocycles. The van der Waals surface area contributed by atoms with Gasteiger partial charge in [-0.1, -0.05) is 22.0 Å². The van der Waals surface area contributed by atoms with Crippen molar-refractivity contribution >= 4 is 15.9 Å². The Hall–Kier alpha value is -0.450. The molecule has 0 bridgehead atoms. The maximum Gasteiger partial charge on any atom is 0.124 e. The summed E-state index contributed by atoms with van der Waals surface area (Å²) in [6.07, 6.45) is 2.32. The predicted molar refractivity (Wildman–Crippen MR) is 74.2 cm³/mol. The van der Waals surface area contributed by atoms with Gasteiger partial charge in [0.2, 0.25) is 0 Å². The second-order valence-corrected chi connectivity index (χ2v) is 5.83. The van der Waals surface area contributed by atoms with Gasteiger partial charge in [0.05, 0.1) is 12.7 Å². The van der Waals surface area contributed by atoms with Gasteiger partial charge in [0.15, 0.2) is 0 Å². The van der Waals surface area contributed by atoms with Gasteiger partial charge in [0.1, 0.15) is 5.82 Å². The van der Waals surface area contributed by atoms with Gasteiger partial charge in [-0.3, -0.25) is 0 Å². The predicted octanol–water partition coefficient (Wildman–Crippen LogP) is 3.14. The Kier molecular flexibility index (Phi) is 4.76. The summed E-state index contributed by atoms with van der Waals surface area (Å²) in [7, 11) is 1.98. The minimum absolute atomic E-state index is 0.204. The fraction of sp³-hybridized carbons (Fsp3) is 0.571. The van der Waals surface area contributed by atoms with Crippen molar-refractivity contribution in [1.82, 2.24) is 5.32 Å². The number of halogens is 2. The third-order valence-electron chi connectivity index (χ3n) is 3.62. The molecule has 1 heterocycles. The van der Waals surface area contributed by atoms with Crippen LogP contribution in [0.25, 0.3) is 0 Å². The largest absolute Gasteiger partial charge is 0.378 e. The van der Waals surface area contributed by atoms with Gasteiger partial charge in [-0.15, -0.1) is 0 Å². The highest BCUT2D eigenvalue weighted by molar-refractivity contribution is 9.10. The minimum atomic E-state index is -0.204. The Morgan fingerprint density at radius 1 is 1.56 bits per heavy atom. The van der Waals surface area contributed by atoms with Gasteiger partial charge in [-0.05, 0) is 44.5 Å². The summed E-state index contributed by atoms with van der Waals surface area (Å²) >= 11 is 3.43. The smallest absolute Gasteiger partial charge is 0.124 e. The first-order chi connectivity index (χ1) is 8.60. The van der Waals surface area contributed by atoms with Gasteiger partial charge in [0, 0.05) is 16.4 Å². The van der Waals surface area contributed by atoms with Crippen LogP contribution in [0.15, 0.2) is 22.7 Å². The molecule has 1 N–H and O–H groups in total. The third-order valence-corrected chi connectivity index (χ3v) is 4.36. The van der Waals surface area contributed by atoms with Crippen LogP contribution in [-0.2, 0) is 11.2 Å². The zero-order chi connectivity index (χ0) is 13.1. The highest BCUT2D eigenvalue weighted by atomic mass is 79.9. The molecule has 100 valence electrons. The van der Waals surface area contributed by atoms with E-state index in [-0.39, 0.29) is 5.82 Å². The highest BCUT2D eigenvalue weighted by Gasteiger charge is 2.29. The lowest BCUT2D eigenvalue weighted by Crippen LogP contribution is -2.36. The van der Waals surface area contributed by atoms with E-state index in [1.54, 1.807) is 0 Å². The lowest BCUT2D eigenvalue weighted by Gasteiger charge is -2.22. The molecule has 1 saturated heterocycles. The van der Waals surface area contributed by atoms with E-state index >= 15 is 0 Å². The molecule has 2 nitrogen and oxygen atoms in total. The summed E-state index contributed by atoms with van der Waals surface area (Å²) in [4.78, 5) is 0. The van der Waals surface area contributed by atoms with E-state index in [0.29, 0.717) is 18.1 Å². The maximum atomic E-state index is 13.1. The molecule has 3 unspecified atom stereocenters. The first-order valence-electron chi connectivity index (χ1n) is 6.33. The fourth-order valence-electron chi connectivity index (χ4n) is 2.56. The Morgan fingerprint density at radius 2 is 2.33 bits per heavy atom. The molecule has 1 aromatic carbocycles. The number of rotatable bonds is 4. The molecule has 1 aliphatic rings. The zero-order valence-electron chi connectivity index (χ0n) is 10.7. The lowest BCUT2D eigenvalue weighted by atomic mass is 9.91. The summed E-state index contributed by atoms with van der Waals surface area (Å²) < 4.78 is 19.5. The fourth-order valence-corrected chi connectivity index (χ4v) is 3.07. The van der Waals surface area contributed by atoms with Gasteiger partial charge >= 0.3 is 0 Å². The molecule has 0 amide bonds. The molecule has 4 heteroatoms. The number of benzene rings is 1. The maximum absolute atomic E-state index is 13.1. The molecule has 0 saturated carbocycles. The molecule has 0 aromatic heterocycles. The molecule has 18 heavy (non-hydrogen) atoms. The standard InChI is InChI=1S/C14H19BrFNO/c1-9-5-11(8-18-9)14(17-2)6-10-3-4-12(16)7-13(10)15/h3-4,7,9,11,14,17H,5-6,8H2,1-2H3. The number of hydrogen-bond donors (Lipinski definition) is 1. The van der Waals surface area contributed by atoms with Crippen LogP contribution in [0.1, 0.15) is 18.9 Å². The van der Waals surface area contributed by atoms with E-state index in [2.05, 4.69) is 28.2 Å². The topological polar surface area (TPSA) is 21.3 Å². The van der Waals surface area contributed by atoms with E-state index in [4.69, 9.17) is 4.74 Å². The van der Waals surface area contributed by atoms with Gasteiger partial charge in [0.25, 0.3) is 0 Å². The molecule has 2 rings (SSSR count). The van der Waals surface area contributed by atoms with E-state index in [9.17, 15) is 4.39 Å². The van der Waals surface area contributed by atoms with Gasteiger partial charge in [-0.25, -0.2) is 4.39 Å². The quantitative estimate of drug-likeness (QED) is 0.921. The molecule has 1 aromatic rings. The molecule has 1 fully saturated rings. The highest BCUT2D eigenvalue weighted by Crippen LogP contribution is 2.26. The van der Waals surface area contributed by atoms with Crippen molar-refractivity contribution in [2.24, 2.45) is 5.92 Å². The monoisotopic (exact) mass is 315 g/mol. The zero-order valence-corrected chi connectivity index (χ0v) is 12.3. The van der Waals surface area contributed by atoms with Crippen LogP contribution in [0.5, 0.6) is 0 Å². The minimum Gasteiger partial charge on any atom is -0.378 e. The number of nitrogens with one attached hydrogen (secondary N) is 1. The van der Waals surface area contributed by atoms with Crippen molar-refractivity contribution in [3.05, 3.63) is 34.1 Å². The van der Waals surface area contributed by atoms with E-state index in [1.165, 1.54) is 12.1 Å². The SMILES string of the molecule is CNC(Cc1ccc(F)cc1Br)C1COC(C)C1. The van der Waals surface area contributed by atoms with Crippen molar-refractivity contribution in [3.8, 4) is 0 Å². The van der Waals surface area contributed by atoms with E-state index in [0.717, 1.165) is 29.5 Å². The Morgan fingerprint density at radius 3 is 2.89 bits per heavy atom. The van der Waals surface area contributed by atoms with Crippen LogP contribution in [0.2, 0.25) is 0 Å². The van der Waals surface area contributed by atoms with Crippen LogP contribution < -0.4 is 5.32 Å². The number of hydrogen-bond acceptors (Lipinski definition) is 2. The normalized spacial score (nSPS) is 25.3.